The zero-order valence-electron chi connectivity index (χ0n) is 15.3. The van der Waals surface area contributed by atoms with Crippen molar-refractivity contribution in [1.82, 2.24) is 0 Å². The van der Waals surface area contributed by atoms with Crippen molar-refractivity contribution in [3.05, 3.63) is 74.4 Å². The summed E-state index contributed by atoms with van der Waals surface area (Å²) in [5.41, 5.74) is 4.47. The molecule has 0 fully saturated rings. The summed E-state index contributed by atoms with van der Waals surface area (Å²) in [6.45, 7) is 0. The normalized spacial score (nSPS) is 18.8. The van der Waals surface area contributed by atoms with Crippen LogP contribution in [-0.4, -0.2) is 17.9 Å². The van der Waals surface area contributed by atoms with Gasteiger partial charge >= 0.3 is 0 Å². The molecule has 1 unspecified atom stereocenters. The zero-order valence-corrected chi connectivity index (χ0v) is 17.5. The lowest BCUT2D eigenvalue weighted by Crippen LogP contribution is -2.23. The van der Waals surface area contributed by atoms with Crippen molar-refractivity contribution in [2.45, 2.75) is 38.1 Å². The van der Waals surface area contributed by atoms with Crippen LogP contribution in [0.15, 0.2) is 69.9 Å². The summed E-state index contributed by atoms with van der Waals surface area (Å²) in [6, 6.07) is 15.2. The highest BCUT2D eigenvalue weighted by Gasteiger charge is 2.28. The minimum atomic E-state index is -0.163. The summed E-state index contributed by atoms with van der Waals surface area (Å²) >= 11 is 2.22. The first-order valence-corrected chi connectivity index (χ1v) is 10.5. The number of amides is 2. The molecule has 0 saturated heterocycles. The van der Waals surface area contributed by atoms with Gasteiger partial charge in [-0.2, -0.15) is 5.11 Å². The minimum Gasteiger partial charge on any atom is -0.322 e. The Morgan fingerprint density at radius 2 is 1.89 bits per heavy atom. The zero-order chi connectivity index (χ0) is 19.5. The van der Waals surface area contributed by atoms with Gasteiger partial charge in [-0.3, -0.25) is 9.59 Å². The molecule has 0 bridgehead atoms. The highest BCUT2D eigenvalue weighted by Crippen LogP contribution is 2.33. The van der Waals surface area contributed by atoms with E-state index in [0.717, 1.165) is 51.7 Å². The predicted octanol–water partition coefficient (Wildman–Crippen LogP) is 5.32. The molecular formula is C22H20IN3O2. The van der Waals surface area contributed by atoms with Gasteiger partial charge in [0, 0.05) is 26.8 Å². The van der Waals surface area contributed by atoms with E-state index in [1.54, 1.807) is 0 Å². The number of rotatable bonds is 4. The number of hydrogen-bond acceptors (Lipinski definition) is 3. The Morgan fingerprint density at radius 3 is 2.71 bits per heavy atom. The quantitative estimate of drug-likeness (QED) is 0.596. The van der Waals surface area contributed by atoms with Gasteiger partial charge in [0.25, 0.3) is 11.8 Å². The van der Waals surface area contributed by atoms with Crippen molar-refractivity contribution in [1.29, 1.82) is 0 Å². The highest BCUT2D eigenvalue weighted by atomic mass is 127. The summed E-state index contributed by atoms with van der Waals surface area (Å²) in [4.78, 5) is 24.5. The van der Waals surface area contributed by atoms with Gasteiger partial charge in [0.05, 0.1) is 6.04 Å². The lowest BCUT2D eigenvalue weighted by Gasteiger charge is -2.25. The van der Waals surface area contributed by atoms with E-state index in [4.69, 9.17) is 0 Å². The minimum absolute atomic E-state index is 0.0739. The van der Waals surface area contributed by atoms with E-state index in [1.807, 2.05) is 48.5 Å². The molecule has 1 heterocycles. The van der Waals surface area contributed by atoms with Gasteiger partial charge < -0.3 is 5.32 Å². The Kier molecular flexibility index (Phi) is 5.66. The lowest BCUT2D eigenvalue weighted by molar-refractivity contribution is -0.115. The molecule has 0 aromatic heterocycles. The van der Waals surface area contributed by atoms with Crippen molar-refractivity contribution in [2.24, 2.45) is 10.2 Å². The number of azo groups is 1. The highest BCUT2D eigenvalue weighted by molar-refractivity contribution is 14.1. The molecule has 2 aromatic rings. The average Bonchev–Trinajstić information content (AvgIpc) is 2.71. The Bertz CT molecular complexity index is 980. The molecule has 1 aliphatic heterocycles. The maximum absolute atomic E-state index is 12.5. The second-order valence-corrected chi connectivity index (χ2v) is 8.36. The summed E-state index contributed by atoms with van der Waals surface area (Å²) < 4.78 is 1.09. The van der Waals surface area contributed by atoms with Crippen LogP contribution in [0.3, 0.4) is 0 Å². The van der Waals surface area contributed by atoms with Gasteiger partial charge in [-0.05, 0) is 95.8 Å². The van der Waals surface area contributed by atoms with E-state index in [2.05, 4.69) is 38.1 Å². The predicted molar refractivity (Wildman–Crippen MR) is 116 cm³/mol. The van der Waals surface area contributed by atoms with E-state index in [-0.39, 0.29) is 17.9 Å². The lowest BCUT2D eigenvalue weighted by atomic mass is 9.84. The smallest absolute Gasteiger partial charge is 0.291 e. The number of hydrogen-bond donors (Lipinski definition) is 1. The number of carbonyl (C=O) groups excluding carboxylic acids is 2. The van der Waals surface area contributed by atoms with Crippen LogP contribution in [0.25, 0.3) is 0 Å². The first-order valence-electron chi connectivity index (χ1n) is 9.43. The number of halogens is 1. The summed E-state index contributed by atoms with van der Waals surface area (Å²) in [7, 11) is 0. The molecule has 6 heteroatoms. The third-order valence-electron chi connectivity index (χ3n) is 5.18. The van der Waals surface area contributed by atoms with E-state index < -0.39 is 0 Å². The van der Waals surface area contributed by atoms with Crippen LogP contribution in [0.2, 0.25) is 0 Å². The molecule has 4 rings (SSSR count). The van der Waals surface area contributed by atoms with Crippen molar-refractivity contribution in [2.75, 3.05) is 5.32 Å². The number of anilines is 1. The molecule has 0 spiro atoms. The number of nitrogens with zero attached hydrogens (tertiary/aromatic N) is 2. The first kappa shape index (κ1) is 19.0. The fraction of sp³-hybridized carbons (Fsp3) is 0.273. The van der Waals surface area contributed by atoms with Crippen LogP contribution in [0.1, 0.15) is 41.6 Å². The van der Waals surface area contributed by atoms with Gasteiger partial charge in [-0.15, -0.1) is 5.11 Å². The maximum atomic E-state index is 12.5. The van der Waals surface area contributed by atoms with E-state index in [0.29, 0.717) is 12.0 Å². The molecule has 0 saturated carbocycles. The van der Waals surface area contributed by atoms with Crippen molar-refractivity contribution < 1.29 is 9.59 Å². The summed E-state index contributed by atoms with van der Waals surface area (Å²) in [6.07, 6.45) is 4.57. The fourth-order valence-corrected chi connectivity index (χ4v) is 4.12. The topological polar surface area (TPSA) is 70.9 Å². The molecule has 5 nitrogen and oxygen atoms in total. The van der Waals surface area contributed by atoms with Crippen LogP contribution in [-0.2, 0) is 11.2 Å². The van der Waals surface area contributed by atoms with Crippen LogP contribution in [0.5, 0.6) is 0 Å². The van der Waals surface area contributed by atoms with E-state index in [9.17, 15) is 9.59 Å². The van der Waals surface area contributed by atoms with Gasteiger partial charge in [-0.1, -0.05) is 12.1 Å². The fourth-order valence-electron chi connectivity index (χ4n) is 3.76. The SMILES string of the molecule is O=C1N=NC(Cc2cccc(NC(=O)c3ccc(I)cc3)c2)C2=C1CCCC2. The number of benzene rings is 2. The molecule has 2 amide bonds. The summed E-state index contributed by atoms with van der Waals surface area (Å²) in [5.74, 6) is -0.293. The first-order chi connectivity index (χ1) is 13.6. The molecule has 2 aliphatic rings. The van der Waals surface area contributed by atoms with Crippen LogP contribution >= 0.6 is 22.6 Å². The molecular weight excluding hydrogens is 465 g/mol. The van der Waals surface area contributed by atoms with Gasteiger partial charge in [0.1, 0.15) is 0 Å². The Labute approximate surface area is 177 Å². The van der Waals surface area contributed by atoms with Crippen LogP contribution in [0, 0.1) is 3.57 Å². The molecule has 1 N–H and O–H groups in total. The van der Waals surface area contributed by atoms with E-state index >= 15 is 0 Å². The molecule has 2 aromatic carbocycles. The third kappa shape index (κ3) is 4.22. The summed E-state index contributed by atoms with van der Waals surface area (Å²) in [5, 5.41) is 11.1. The molecule has 1 aliphatic carbocycles. The van der Waals surface area contributed by atoms with Crippen molar-refractivity contribution in [3.8, 4) is 0 Å². The Balaban J connectivity index is 1.49. The van der Waals surface area contributed by atoms with Crippen LogP contribution < -0.4 is 5.32 Å². The van der Waals surface area contributed by atoms with E-state index in [1.165, 1.54) is 0 Å². The number of nitrogens with one attached hydrogen (secondary N) is 1. The molecule has 1 atom stereocenters. The Morgan fingerprint density at radius 1 is 1.11 bits per heavy atom. The van der Waals surface area contributed by atoms with Gasteiger partial charge in [0.2, 0.25) is 0 Å². The third-order valence-corrected chi connectivity index (χ3v) is 5.90. The monoisotopic (exact) mass is 485 g/mol. The Hall–Kier alpha value is -2.35. The maximum Gasteiger partial charge on any atom is 0.291 e. The van der Waals surface area contributed by atoms with Crippen LogP contribution in [0.4, 0.5) is 5.69 Å². The average molecular weight is 485 g/mol. The molecule has 0 radical (unpaired) electrons. The number of carbonyl (C=O) groups is 2. The van der Waals surface area contributed by atoms with Gasteiger partial charge in [0.15, 0.2) is 0 Å². The molecule has 28 heavy (non-hydrogen) atoms. The second-order valence-electron chi connectivity index (χ2n) is 7.11. The largest absolute Gasteiger partial charge is 0.322 e. The standard InChI is InChI=1S/C22H20IN3O2/c23-16-10-8-15(9-11-16)21(27)24-17-5-3-4-14(12-17)13-20-18-6-1-2-7-19(18)22(28)26-25-20/h3-5,8-12,20H,1-2,6-7,13H2,(H,24,27). The van der Waals surface area contributed by atoms with Crippen molar-refractivity contribution >= 4 is 40.1 Å². The van der Waals surface area contributed by atoms with Crippen molar-refractivity contribution in [3.63, 3.8) is 0 Å². The second kappa shape index (κ2) is 8.34. The molecule has 142 valence electrons. The van der Waals surface area contributed by atoms with Gasteiger partial charge in [-0.25, -0.2) is 0 Å².